The van der Waals surface area contributed by atoms with E-state index in [1.165, 1.54) is 22.3 Å². The Labute approximate surface area is 303 Å². The molecule has 4 heteroatoms. The van der Waals surface area contributed by atoms with Crippen LogP contribution in [0, 0.1) is 0 Å². The molecule has 0 aromatic heterocycles. The van der Waals surface area contributed by atoms with Gasteiger partial charge in [-0.2, -0.15) is 0 Å². The number of anilines is 6. The monoisotopic (exact) mass is 756 g/mol. The van der Waals surface area contributed by atoms with Gasteiger partial charge in [-0.05, 0) is 130 Å². The molecule has 0 aliphatic rings. The molecule has 0 bridgehead atoms. The molecule has 0 saturated heterocycles. The van der Waals surface area contributed by atoms with Gasteiger partial charge in [0.05, 0.1) is 0 Å². The molecule has 0 amide bonds. The van der Waals surface area contributed by atoms with Crippen molar-refractivity contribution in [2.75, 3.05) is 9.80 Å². The number of hydrogen-bond acceptors (Lipinski definition) is 2. The van der Waals surface area contributed by atoms with Crippen LogP contribution < -0.4 is 9.80 Å². The third kappa shape index (κ3) is 7.61. The maximum Gasteiger partial charge on any atom is 0.0462 e. The quantitative estimate of drug-likeness (QED) is 0.160. The predicted molar refractivity (Wildman–Crippen MR) is 214 cm³/mol. The molecule has 0 saturated carbocycles. The van der Waals surface area contributed by atoms with Crippen molar-refractivity contribution in [3.8, 4) is 11.1 Å². The second-order valence-electron chi connectivity index (χ2n) is 14.3. The molecule has 6 aromatic rings. The number of nitrogens with zero attached hydrogens (tertiary/aromatic N) is 2. The lowest BCUT2D eigenvalue weighted by Crippen LogP contribution is -2.13. The maximum absolute atomic E-state index is 3.60. The van der Waals surface area contributed by atoms with Gasteiger partial charge in [0, 0.05) is 43.1 Å². The largest absolute Gasteiger partial charge is 0.311 e. The summed E-state index contributed by atoms with van der Waals surface area (Å²) in [5, 5.41) is 0. The molecule has 0 atom stereocenters. The molecule has 0 fully saturated rings. The van der Waals surface area contributed by atoms with Crippen molar-refractivity contribution in [2.45, 2.75) is 52.4 Å². The highest BCUT2D eigenvalue weighted by Gasteiger charge is 2.18. The zero-order chi connectivity index (χ0) is 34.1. The molecule has 0 N–H and O–H groups in total. The van der Waals surface area contributed by atoms with E-state index < -0.39 is 0 Å². The Kier molecular flexibility index (Phi) is 9.69. The molecule has 242 valence electrons. The van der Waals surface area contributed by atoms with E-state index >= 15 is 0 Å². The Morgan fingerprint density at radius 3 is 0.750 bits per heavy atom. The minimum Gasteiger partial charge on any atom is -0.311 e. The summed E-state index contributed by atoms with van der Waals surface area (Å²) in [6.45, 7) is 13.5. The van der Waals surface area contributed by atoms with Gasteiger partial charge in [0.1, 0.15) is 0 Å². The summed E-state index contributed by atoms with van der Waals surface area (Å²) in [4.78, 5) is 4.62. The summed E-state index contributed by atoms with van der Waals surface area (Å²) >= 11 is 7.21. The summed E-state index contributed by atoms with van der Waals surface area (Å²) in [5.74, 6) is 0. The van der Waals surface area contributed by atoms with Gasteiger partial charge in [0.2, 0.25) is 0 Å². The minimum absolute atomic E-state index is 0.102. The van der Waals surface area contributed by atoms with Gasteiger partial charge in [0.25, 0.3) is 0 Å². The van der Waals surface area contributed by atoms with Gasteiger partial charge in [-0.3, -0.25) is 0 Å². The first-order valence-corrected chi connectivity index (χ1v) is 18.0. The highest BCUT2D eigenvalue weighted by atomic mass is 79.9. The Bertz CT molecular complexity index is 1800. The summed E-state index contributed by atoms with van der Waals surface area (Å²) in [6.07, 6.45) is 0. The molecule has 48 heavy (non-hydrogen) atoms. The van der Waals surface area contributed by atoms with E-state index in [0.29, 0.717) is 0 Å². The van der Waals surface area contributed by atoms with Crippen LogP contribution in [0.2, 0.25) is 0 Å². The van der Waals surface area contributed by atoms with Crippen molar-refractivity contribution in [1.29, 1.82) is 0 Å². The highest BCUT2D eigenvalue weighted by molar-refractivity contribution is 9.10. The number of benzene rings is 6. The molecule has 0 aliphatic heterocycles. The van der Waals surface area contributed by atoms with Crippen LogP contribution in [-0.2, 0) is 10.8 Å². The van der Waals surface area contributed by atoms with E-state index in [1.54, 1.807) is 0 Å². The van der Waals surface area contributed by atoms with Crippen molar-refractivity contribution in [3.63, 3.8) is 0 Å². The van der Waals surface area contributed by atoms with E-state index in [4.69, 9.17) is 0 Å². The fourth-order valence-electron chi connectivity index (χ4n) is 5.90. The van der Waals surface area contributed by atoms with Crippen LogP contribution in [0.4, 0.5) is 34.1 Å². The Morgan fingerprint density at radius 1 is 0.312 bits per heavy atom. The first kappa shape index (κ1) is 33.8. The number of hydrogen-bond donors (Lipinski definition) is 0. The predicted octanol–water partition coefficient (Wildman–Crippen LogP) is 14.4. The second kappa shape index (κ2) is 13.8. The number of rotatable bonds is 7. The van der Waals surface area contributed by atoms with Gasteiger partial charge in [-0.1, -0.05) is 122 Å². The molecule has 0 radical (unpaired) electrons. The Hall–Kier alpha value is -4.12. The average molecular weight is 759 g/mol. The van der Waals surface area contributed by atoms with Crippen LogP contribution in [0.1, 0.15) is 52.7 Å². The average Bonchev–Trinajstić information content (AvgIpc) is 3.07. The lowest BCUT2D eigenvalue weighted by atomic mass is 9.87. The maximum atomic E-state index is 3.60. The minimum atomic E-state index is 0.102. The Balaban J connectivity index is 1.31. The second-order valence-corrected chi connectivity index (χ2v) is 16.1. The SMILES string of the molecule is CC(C)(C)c1ccc(N(c2ccc(Br)cc2)c2ccc(-c3ccc(N(c4ccc(Br)cc4)c4ccc(C(C)(C)C)cc4)cc3)cc2)cc1. The summed E-state index contributed by atoms with van der Waals surface area (Å²) in [7, 11) is 0. The molecule has 6 rings (SSSR count). The molecular weight excluding hydrogens is 716 g/mol. The highest BCUT2D eigenvalue weighted by Crippen LogP contribution is 2.39. The fraction of sp³-hybridized carbons (Fsp3) is 0.182. The van der Waals surface area contributed by atoms with E-state index in [2.05, 4.69) is 229 Å². The van der Waals surface area contributed by atoms with Crippen molar-refractivity contribution in [2.24, 2.45) is 0 Å². The van der Waals surface area contributed by atoms with Crippen LogP contribution >= 0.6 is 31.9 Å². The molecule has 2 nitrogen and oxygen atoms in total. The van der Waals surface area contributed by atoms with E-state index in [9.17, 15) is 0 Å². The lowest BCUT2D eigenvalue weighted by molar-refractivity contribution is 0.590. The standard InChI is InChI=1S/C44H42Br2N2/c1-43(2,3)33-11-23-39(24-12-33)47(41-27-15-35(45)16-28-41)37-19-7-31(8-20-37)32-9-21-38(22-10-32)48(42-29-17-36(46)18-30-42)40-25-13-34(14-26-40)44(4,5)6/h7-30H,1-6H3. The van der Waals surface area contributed by atoms with Gasteiger partial charge >= 0.3 is 0 Å². The topological polar surface area (TPSA) is 6.48 Å². The fourth-order valence-corrected chi connectivity index (χ4v) is 6.43. The number of halogens is 2. The van der Waals surface area contributed by atoms with Crippen molar-refractivity contribution >= 4 is 66.0 Å². The van der Waals surface area contributed by atoms with Crippen molar-refractivity contribution < 1.29 is 0 Å². The van der Waals surface area contributed by atoms with Crippen molar-refractivity contribution in [3.05, 3.63) is 166 Å². The molecule has 0 heterocycles. The summed E-state index contributed by atoms with van der Waals surface area (Å²) in [6, 6.07) is 52.6. The third-order valence-electron chi connectivity index (χ3n) is 8.74. The molecule has 0 aliphatic carbocycles. The van der Waals surface area contributed by atoms with Crippen molar-refractivity contribution in [1.82, 2.24) is 0 Å². The summed E-state index contributed by atoms with van der Waals surface area (Å²) < 4.78 is 2.13. The molecule has 0 unspecified atom stereocenters. The molecule has 0 spiro atoms. The van der Waals surface area contributed by atoms with E-state index in [1.807, 2.05) is 0 Å². The molecule has 6 aromatic carbocycles. The van der Waals surface area contributed by atoms with Crippen LogP contribution in [0.5, 0.6) is 0 Å². The van der Waals surface area contributed by atoms with Gasteiger partial charge < -0.3 is 9.80 Å². The van der Waals surface area contributed by atoms with Crippen LogP contribution in [0.15, 0.2) is 155 Å². The molecular formula is C44H42Br2N2. The van der Waals surface area contributed by atoms with Gasteiger partial charge in [-0.15, -0.1) is 0 Å². The van der Waals surface area contributed by atoms with E-state index in [-0.39, 0.29) is 10.8 Å². The Morgan fingerprint density at radius 2 is 0.521 bits per heavy atom. The van der Waals surface area contributed by atoms with Gasteiger partial charge in [0.15, 0.2) is 0 Å². The normalized spacial score (nSPS) is 11.8. The summed E-state index contributed by atoms with van der Waals surface area (Å²) in [5.41, 5.74) is 11.9. The zero-order valence-electron chi connectivity index (χ0n) is 28.5. The van der Waals surface area contributed by atoms with Crippen LogP contribution in [-0.4, -0.2) is 0 Å². The smallest absolute Gasteiger partial charge is 0.0462 e. The van der Waals surface area contributed by atoms with Crippen LogP contribution in [0.25, 0.3) is 11.1 Å². The van der Waals surface area contributed by atoms with Gasteiger partial charge in [-0.25, -0.2) is 0 Å². The van der Waals surface area contributed by atoms with E-state index in [0.717, 1.165) is 43.1 Å². The lowest BCUT2D eigenvalue weighted by Gasteiger charge is -2.27. The first-order chi connectivity index (χ1) is 22.9. The first-order valence-electron chi connectivity index (χ1n) is 16.4. The zero-order valence-corrected chi connectivity index (χ0v) is 31.7. The van der Waals surface area contributed by atoms with Crippen LogP contribution in [0.3, 0.4) is 0 Å². The third-order valence-corrected chi connectivity index (χ3v) is 9.79.